The van der Waals surface area contributed by atoms with Crippen molar-refractivity contribution < 1.29 is 10.0 Å². The Hall–Kier alpha value is -1.26. The second-order valence-electron chi connectivity index (χ2n) is 5.61. The Labute approximate surface area is 115 Å². The van der Waals surface area contributed by atoms with Gasteiger partial charge < -0.3 is 15.8 Å². The largest absolute Gasteiger partial charge is 0.409 e. The van der Waals surface area contributed by atoms with E-state index in [1.807, 2.05) is 11.8 Å². The van der Waals surface area contributed by atoms with E-state index in [-0.39, 0.29) is 11.7 Å². The fourth-order valence-electron chi connectivity index (χ4n) is 2.77. The molecule has 2 atom stereocenters. The highest BCUT2D eigenvalue weighted by atomic mass is 16.4. The number of amidine groups is 1. The van der Waals surface area contributed by atoms with Crippen LogP contribution in [0.1, 0.15) is 59.3 Å². The van der Waals surface area contributed by atoms with Crippen molar-refractivity contribution in [3.8, 4) is 0 Å². The molecule has 1 aliphatic heterocycles. The highest BCUT2D eigenvalue weighted by Gasteiger charge is 2.41. The first-order valence-electron chi connectivity index (χ1n) is 7.30. The van der Waals surface area contributed by atoms with Crippen LogP contribution < -0.4 is 5.73 Å². The van der Waals surface area contributed by atoms with Crippen LogP contribution in [0.15, 0.2) is 5.16 Å². The van der Waals surface area contributed by atoms with Gasteiger partial charge >= 0.3 is 0 Å². The maximum atomic E-state index is 12.8. The van der Waals surface area contributed by atoms with Gasteiger partial charge in [0.1, 0.15) is 5.41 Å². The smallest absolute Gasteiger partial charge is 0.236 e. The third kappa shape index (κ3) is 3.19. The summed E-state index contributed by atoms with van der Waals surface area (Å²) in [6.45, 7) is 6.59. The number of piperidine rings is 1. The van der Waals surface area contributed by atoms with Gasteiger partial charge in [-0.2, -0.15) is 0 Å². The Balaban J connectivity index is 2.94. The molecule has 0 spiro atoms. The van der Waals surface area contributed by atoms with E-state index in [0.29, 0.717) is 12.5 Å². The highest BCUT2D eigenvalue weighted by Crippen LogP contribution is 2.30. The van der Waals surface area contributed by atoms with Crippen LogP contribution in [0.3, 0.4) is 0 Å². The van der Waals surface area contributed by atoms with Gasteiger partial charge in [-0.15, -0.1) is 0 Å². The molecule has 1 fully saturated rings. The van der Waals surface area contributed by atoms with Gasteiger partial charge in [0, 0.05) is 12.6 Å². The molecule has 2 unspecified atom stereocenters. The van der Waals surface area contributed by atoms with E-state index in [4.69, 9.17) is 10.9 Å². The molecular weight excluding hydrogens is 242 g/mol. The second-order valence-corrected chi connectivity index (χ2v) is 5.61. The van der Waals surface area contributed by atoms with Crippen LogP contribution in [-0.4, -0.2) is 34.4 Å². The molecule has 0 radical (unpaired) electrons. The van der Waals surface area contributed by atoms with Crippen molar-refractivity contribution in [3.05, 3.63) is 0 Å². The number of rotatable bonds is 5. The van der Waals surface area contributed by atoms with Crippen molar-refractivity contribution in [2.45, 2.75) is 65.3 Å². The Bertz CT molecular complexity index is 342. The summed E-state index contributed by atoms with van der Waals surface area (Å²) in [5.41, 5.74) is 4.85. The van der Waals surface area contributed by atoms with Crippen molar-refractivity contribution >= 4 is 11.7 Å². The van der Waals surface area contributed by atoms with E-state index in [2.05, 4.69) is 12.1 Å². The summed E-state index contributed by atoms with van der Waals surface area (Å²) in [7, 11) is 0. The van der Waals surface area contributed by atoms with Crippen molar-refractivity contribution in [2.24, 2.45) is 16.3 Å². The fourth-order valence-corrected chi connectivity index (χ4v) is 2.77. The summed E-state index contributed by atoms with van der Waals surface area (Å²) >= 11 is 0. The van der Waals surface area contributed by atoms with Crippen molar-refractivity contribution in [3.63, 3.8) is 0 Å². The zero-order valence-electron chi connectivity index (χ0n) is 12.4. The minimum atomic E-state index is -0.891. The first-order chi connectivity index (χ1) is 9.01. The van der Waals surface area contributed by atoms with Gasteiger partial charge in [-0.1, -0.05) is 25.4 Å². The minimum Gasteiger partial charge on any atom is -0.409 e. The first-order valence-corrected chi connectivity index (χ1v) is 7.30. The van der Waals surface area contributed by atoms with Crippen LogP contribution in [-0.2, 0) is 4.79 Å². The standard InChI is InChI=1S/C14H27N3O2/c1-4-8-11-9-6-7-10-17(11)13(18)14(3,5-2)12(15)16-19/h11,19H,4-10H2,1-3H3,(H2,15,16). The molecule has 0 aromatic carbocycles. The monoisotopic (exact) mass is 269 g/mol. The average molecular weight is 269 g/mol. The second kappa shape index (κ2) is 6.78. The maximum Gasteiger partial charge on any atom is 0.236 e. The number of carbonyl (C=O) groups is 1. The maximum absolute atomic E-state index is 12.8. The van der Waals surface area contributed by atoms with E-state index in [1.54, 1.807) is 6.92 Å². The lowest BCUT2D eigenvalue weighted by molar-refractivity contribution is -0.142. The van der Waals surface area contributed by atoms with Crippen molar-refractivity contribution in [1.29, 1.82) is 0 Å². The summed E-state index contributed by atoms with van der Waals surface area (Å²) in [5, 5.41) is 12.0. The number of hydrogen-bond acceptors (Lipinski definition) is 3. The van der Waals surface area contributed by atoms with Gasteiger partial charge in [0.15, 0.2) is 5.84 Å². The molecule has 0 aromatic heterocycles. The van der Waals surface area contributed by atoms with E-state index in [9.17, 15) is 4.79 Å². The lowest BCUT2D eigenvalue weighted by Crippen LogP contribution is -2.54. The van der Waals surface area contributed by atoms with Gasteiger partial charge in [-0.05, 0) is 39.0 Å². The number of nitrogens with two attached hydrogens (primary N) is 1. The van der Waals surface area contributed by atoms with Crippen LogP contribution in [0.4, 0.5) is 0 Å². The molecule has 110 valence electrons. The Morgan fingerprint density at radius 1 is 1.47 bits per heavy atom. The Kier molecular flexibility index (Phi) is 5.63. The quantitative estimate of drug-likeness (QED) is 0.348. The number of nitrogens with zero attached hydrogens (tertiary/aromatic N) is 2. The van der Waals surface area contributed by atoms with Crippen LogP contribution >= 0.6 is 0 Å². The molecule has 5 nitrogen and oxygen atoms in total. The third-order valence-electron chi connectivity index (χ3n) is 4.36. The number of oxime groups is 1. The van der Waals surface area contributed by atoms with E-state index >= 15 is 0 Å². The number of hydrogen-bond donors (Lipinski definition) is 2. The Morgan fingerprint density at radius 3 is 2.68 bits per heavy atom. The van der Waals surface area contributed by atoms with E-state index in [1.165, 1.54) is 6.42 Å². The third-order valence-corrected chi connectivity index (χ3v) is 4.36. The highest BCUT2D eigenvalue weighted by molar-refractivity contribution is 6.06. The van der Waals surface area contributed by atoms with Gasteiger partial charge in [0.2, 0.25) is 5.91 Å². The predicted octanol–water partition coefficient (Wildman–Crippen LogP) is 2.33. The normalized spacial score (nSPS) is 24.1. The first kappa shape index (κ1) is 15.8. The summed E-state index contributed by atoms with van der Waals surface area (Å²) < 4.78 is 0. The minimum absolute atomic E-state index is 0.00319. The molecule has 0 saturated carbocycles. The molecule has 1 rings (SSSR count). The Morgan fingerprint density at radius 2 is 2.16 bits per heavy atom. The molecule has 1 saturated heterocycles. The SMILES string of the molecule is CCCC1CCCCN1C(=O)C(C)(CC)C(N)=NO. The molecule has 0 aliphatic carbocycles. The lowest BCUT2D eigenvalue weighted by Gasteiger charge is -2.40. The number of likely N-dealkylation sites (tertiary alicyclic amines) is 1. The van der Waals surface area contributed by atoms with Gasteiger partial charge in [0.25, 0.3) is 0 Å². The van der Waals surface area contributed by atoms with Crippen molar-refractivity contribution in [2.75, 3.05) is 6.54 Å². The van der Waals surface area contributed by atoms with Gasteiger partial charge in [0.05, 0.1) is 0 Å². The molecule has 19 heavy (non-hydrogen) atoms. The summed E-state index contributed by atoms with van der Waals surface area (Å²) in [5.74, 6) is 0.0178. The van der Waals surface area contributed by atoms with E-state index in [0.717, 1.165) is 32.2 Å². The average Bonchev–Trinajstić information content (AvgIpc) is 2.45. The summed E-state index contributed by atoms with van der Waals surface area (Å²) in [6, 6.07) is 0.309. The van der Waals surface area contributed by atoms with Gasteiger partial charge in [-0.3, -0.25) is 4.79 Å². The van der Waals surface area contributed by atoms with Crippen LogP contribution in [0, 0.1) is 5.41 Å². The topological polar surface area (TPSA) is 78.9 Å². The zero-order chi connectivity index (χ0) is 14.5. The molecule has 3 N–H and O–H groups in total. The van der Waals surface area contributed by atoms with E-state index < -0.39 is 5.41 Å². The number of carbonyl (C=O) groups excluding carboxylic acids is 1. The fraction of sp³-hybridized carbons (Fsp3) is 0.857. The predicted molar refractivity (Wildman–Crippen MR) is 76.1 cm³/mol. The van der Waals surface area contributed by atoms with Crippen LogP contribution in [0.5, 0.6) is 0 Å². The molecule has 0 aromatic rings. The van der Waals surface area contributed by atoms with Gasteiger partial charge in [-0.25, -0.2) is 0 Å². The lowest BCUT2D eigenvalue weighted by atomic mass is 9.83. The summed E-state index contributed by atoms with van der Waals surface area (Å²) in [4.78, 5) is 14.7. The molecule has 1 amide bonds. The number of amides is 1. The zero-order valence-corrected chi connectivity index (χ0v) is 12.4. The van der Waals surface area contributed by atoms with Crippen LogP contribution in [0.25, 0.3) is 0 Å². The molecule has 5 heteroatoms. The van der Waals surface area contributed by atoms with Crippen LogP contribution in [0.2, 0.25) is 0 Å². The molecule has 1 aliphatic rings. The molecular formula is C14H27N3O2. The van der Waals surface area contributed by atoms with Crippen molar-refractivity contribution in [1.82, 2.24) is 4.90 Å². The molecule has 1 heterocycles. The summed E-state index contributed by atoms with van der Waals surface area (Å²) in [6.07, 6.45) is 5.93. The molecule has 0 bridgehead atoms.